The monoisotopic (exact) mass is 235 g/mol. The van der Waals surface area contributed by atoms with Crippen LogP contribution in [0.1, 0.15) is 5.56 Å². The third-order valence-corrected chi connectivity index (χ3v) is 2.91. The number of hydrogen-bond acceptors (Lipinski definition) is 3. The molecule has 3 aromatic rings. The fourth-order valence-electron chi connectivity index (χ4n) is 1.98. The zero-order chi connectivity index (χ0) is 12.5. The Balaban J connectivity index is 2.27. The predicted molar refractivity (Wildman–Crippen MR) is 74.1 cm³/mol. The van der Waals surface area contributed by atoms with Gasteiger partial charge in [0.2, 0.25) is 0 Å². The molecule has 0 spiro atoms. The minimum Gasteiger partial charge on any atom is -0.383 e. The maximum Gasteiger partial charge on any atom is 0.162 e. The van der Waals surface area contributed by atoms with E-state index in [-0.39, 0.29) is 0 Å². The standard InChI is InChI=1S/C15H13N3/c1-10-7-8-12-13(9-10)17-15(18-14(12)16)11-5-3-2-4-6-11/h2-9H,1H3,(H2,16,17,18). The van der Waals surface area contributed by atoms with Crippen molar-refractivity contribution >= 4 is 16.7 Å². The second-order valence-electron chi connectivity index (χ2n) is 4.32. The maximum atomic E-state index is 5.99. The van der Waals surface area contributed by atoms with E-state index in [1.807, 2.05) is 55.5 Å². The summed E-state index contributed by atoms with van der Waals surface area (Å²) < 4.78 is 0. The molecule has 0 amide bonds. The number of nitrogen functional groups attached to an aromatic ring is 1. The van der Waals surface area contributed by atoms with Crippen molar-refractivity contribution < 1.29 is 0 Å². The van der Waals surface area contributed by atoms with E-state index in [4.69, 9.17) is 5.73 Å². The third kappa shape index (κ3) is 1.80. The summed E-state index contributed by atoms with van der Waals surface area (Å²) in [5.74, 6) is 1.20. The van der Waals surface area contributed by atoms with E-state index in [0.717, 1.165) is 16.5 Å². The van der Waals surface area contributed by atoms with Gasteiger partial charge in [-0.1, -0.05) is 36.4 Å². The molecule has 2 aromatic carbocycles. The molecule has 0 radical (unpaired) electrons. The maximum absolute atomic E-state index is 5.99. The van der Waals surface area contributed by atoms with Crippen LogP contribution in [0.15, 0.2) is 48.5 Å². The van der Waals surface area contributed by atoms with Gasteiger partial charge in [0.05, 0.1) is 5.52 Å². The fourth-order valence-corrected chi connectivity index (χ4v) is 1.98. The molecule has 1 aromatic heterocycles. The van der Waals surface area contributed by atoms with Crippen LogP contribution in [-0.2, 0) is 0 Å². The van der Waals surface area contributed by atoms with Crippen LogP contribution in [0.2, 0.25) is 0 Å². The summed E-state index contributed by atoms with van der Waals surface area (Å²) in [6.45, 7) is 2.04. The van der Waals surface area contributed by atoms with E-state index >= 15 is 0 Å². The van der Waals surface area contributed by atoms with Gasteiger partial charge in [-0.05, 0) is 24.6 Å². The van der Waals surface area contributed by atoms with Crippen LogP contribution in [0.3, 0.4) is 0 Å². The van der Waals surface area contributed by atoms with Crippen molar-refractivity contribution in [2.45, 2.75) is 6.92 Å². The van der Waals surface area contributed by atoms with Crippen LogP contribution in [0.4, 0.5) is 5.82 Å². The molecule has 0 bridgehead atoms. The lowest BCUT2D eigenvalue weighted by Gasteiger charge is -2.06. The van der Waals surface area contributed by atoms with Crippen molar-refractivity contribution in [1.29, 1.82) is 0 Å². The van der Waals surface area contributed by atoms with Gasteiger partial charge in [-0.15, -0.1) is 0 Å². The van der Waals surface area contributed by atoms with E-state index in [1.165, 1.54) is 5.56 Å². The SMILES string of the molecule is Cc1ccc2c(N)nc(-c3ccccc3)nc2c1. The lowest BCUT2D eigenvalue weighted by atomic mass is 10.1. The van der Waals surface area contributed by atoms with Gasteiger partial charge >= 0.3 is 0 Å². The van der Waals surface area contributed by atoms with Gasteiger partial charge in [-0.3, -0.25) is 0 Å². The van der Waals surface area contributed by atoms with Gasteiger partial charge in [0, 0.05) is 10.9 Å². The minimum atomic E-state index is 0.527. The number of nitrogens with zero attached hydrogens (tertiary/aromatic N) is 2. The molecule has 0 saturated carbocycles. The first-order chi connectivity index (χ1) is 8.74. The molecule has 18 heavy (non-hydrogen) atoms. The third-order valence-electron chi connectivity index (χ3n) is 2.91. The van der Waals surface area contributed by atoms with Crippen molar-refractivity contribution in [3.05, 3.63) is 54.1 Å². The minimum absolute atomic E-state index is 0.527. The molecular weight excluding hydrogens is 222 g/mol. The molecule has 3 rings (SSSR count). The number of rotatable bonds is 1. The first kappa shape index (κ1) is 10.7. The summed E-state index contributed by atoms with van der Waals surface area (Å²) in [4.78, 5) is 8.94. The highest BCUT2D eigenvalue weighted by Crippen LogP contribution is 2.23. The fraction of sp³-hybridized carbons (Fsp3) is 0.0667. The average molecular weight is 235 g/mol. The topological polar surface area (TPSA) is 51.8 Å². The molecule has 0 fully saturated rings. The normalized spacial score (nSPS) is 10.7. The number of aryl methyl sites for hydroxylation is 1. The molecular formula is C15H13N3. The molecule has 3 nitrogen and oxygen atoms in total. The highest BCUT2D eigenvalue weighted by Gasteiger charge is 2.06. The highest BCUT2D eigenvalue weighted by atomic mass is 14.9. The van der Waals surface area contributed by atoms with Gasteiger partial charge in [-0.25, -0.2) is 9.97 Å². The predicted octanol–water partition coefficient (Wildman–Crippen LogP) is 3.19. The average Bonchev–Trinajstić information content (AvgIpc) is 2.39. The van der Waals surface area contributed by atoms with Gasteiger partial charge in [0.1, 0.15) is 5.82 Å². The zero-order valence-electron chi connectivity index (χ0n) is 10.1. The van der Waals surface area contributed by atoms with Crippen molar-refractivity contribution in [2.75, 3.05) is 5.73 Å². The summed E-state index contributed by atoms with van der Waals surface area (Å²) in [6, 6.07) is 15.9. The molecule has 0 unspecified atom stereocenters. The second-order valence-corrected chi connectivity index (χ2v) is 4.32. The molecule has 88 valence electrons. The molecule has 1 heterocycles. The molecule has 0 aliphatic heterocycles. The number of hydrogen-bond donors (Lipinski definition) is 1. The Bertz CT molecular complexity index is 706. The molecule has 0 aliphatic rings. The molecule has 0 atom stereocenters. The quantitative estimate of drug-likeness (QED) is 0.704. The second kappa shape index (κ2) is 4.11. The smallest absolute Gasteiger partial charge is 0.162 e. The Kier molecular flexibility index (Phi) is 2.45. The van der Waals surface area contributed by atoms with E-state index in [0.29, 0.717) is 11.6 Å². The lowest BCUT2D eigenvalue weighted by molar-refractivity contribution is 1.23. The van der Waals surface area contributed by atoms with Crippen LogP contribution < -0.4 is 5.73 Å². The first-order valence-corrected chi connectivity index (χ1v) is 5.83. The van der Waals surface area contributed by atoms with Crippen LogP contribution in [0.25, 0.3) is 22.3 Å². The Morgan fingerprint density at radius 1 is 0.944 bits per heavy atom. The number of fused-ring (bicyclic) bond motifs is 1. The zero-order valence-corrected chi connectivity index (χ0v) is 10.1. The molecule has 3 heteroatoms. The summed E-state index contributed by atoms with van der Waals surface area (Å²) >= 11 is 0. The van der Waals surface area contributed by atoms with Crippen molar-refractivity contribution in [2.24, 2.45) is 0 Å². The molecule has 2 N–H and O–H groups in total. The van der Waals surface area contributed by atoms with Gasteiger partial charge in [0.25, 0.3) is 0 Å². The molecule has 0 aliphatic carbocycles. The first-order valence-electron chi connectivity index (χ1n) is 5.83. The van der Waals surface area contributed by atoms with E-state index in [2.05, 4.69) is 9.97 Å². The number of benzene rings is 2. The number of nitrogens with two attached hydrogens (primary N) is 1. The Labute approximate surface area is 105 Å². The van der Waals surface area contributed by atoms with Crippen molar-refractivity contribution in [3.8, 4) is 11.4 Å². The largest absolute Gasteiger partial charge is 0.383 e. The number of aromatic nitrogens is 2. The van der Waals surface area contributed by atoms with Crippen LogP contribution in [-0.4, -0.2) is 9.97 Å². The van der Waals surface area contributed by atoms with Crippen LogP contribution >= 0.6 is 0 Å². The van der Waals surface area contributed by atoms with Crippen molar-refractivity contribution in [3.63, 3.8) is 0 Å². The van der Waals surface area contributed by atoms with E-state index in [1.54, 1.807) is 0 Å². The van der Waals surface area contributed by atoms with E-state index in [9.17, 15) is 0 Å². The summed E-state index contributed by atoms with van der Waals surface area (Å²) in [6.07, 6.45) is 0. The highest BCUT2D eigenvalue weighted by molar-refractivity contribution is 5.89. The summed E-state index contributed by atoms with van der Waals surface area (Å²) in [5, 5.41) is 0.903. The lowest BCUT2D eigenvalue weighted by Crippen LogP contribution is -1.97. The van der Waals surface area contributed by atoms with Gasteiger partial charge in [-0.2, -0.15) is 0 Å². The van der Waals surface area contributed by atoms with Gasteiger partial charge in [0.15, 0.2) is 5.82 Å². The van der Waals surface area contributed by atoms with Crippen LogP contribution in [0, 0.1) is 6.92 Å². The summed E-state index contributed by atoms with van der Waals surface area (Å²) in [5.41, 5.74) is 9.03. The number of anilines is 1. The van der Waals surface area contributed by atoms with Gasteiger partial charge < -0.3 is 5.73 Å². The Hall–Kier alpha value is -2.42. The van der Waals surface area contributed by atoms with E-state index < -0.39 is 0 Å². The van der Waals surface area contributed by atoms with Crippen molar-refractivity contribution in [1.82, 2.24) is 9.97 Å². The Morgan fingerprint density at radius 2 is 1.72 bits per heavy atom. The van der Waals surface area contributed by atoms with Crippen LogP contribution in [0.5, 0.6) is 0 Å². The Morgan fingerprint density at radius 3 is 2.50 bits per heavy atom. The summed E-state index contributed by atoms with van der Waals surface area (Å²) in [7, 11) is 0. The molecule has 0 saturated heterocycles.